The molecule has 4 aromatic rings. The Bertz CT molecular complexity index is 2280. The average molecular weight is 788 g/mol. The van der Waals surface area contributed by atoms with Crippen molar-refractivity contribution < 1.29 is 24.0 Å². The van der Waals surface area contributed by atoms with Crippen molar-refractivity contribution in [2.24, 2.45) is 5.92 Å². The van der Waals surface area contributed by atoms with E-state index in [0.29, 0.717) is 55.0 Å². The molecule has 1 aliphatic carbocycles. The molecule has 0 bridgehead atoms. The van der Waals surface area contributed by atoms with E-state index in [1.807, 2.05) is 30.3 Å². The maximum Gasteiger partial charge on any atom is 0.270 e. The van der Waals surface area contributed by atoms with Crippen molar-refractivity contribution in [3.8, 4) is 0 Å². The van der Waals surface area contributed by atoms with Gasteiger partial charge in [-0.05, 0) is 80.0 Å². The highest BCUT2D eigenvalue weighted by Crippen LogP contribution is 2.36. The van der Waals surface area contributed by atoms with Crippen LogP contribution in [0, 0.1) is 5.92 Å². The summed E-state index contributed by atoms with van der Waals surface area (Å²) in [5.41, 5.74) is 4.73. The summed E-state index contributed by atoms with van der Waals surface area (Å²) in [5, 5.41) is 6.41. The lowest BCUT2D eigenvalue weighted by Gasteiger charge is -2.39. The number of piperidine rings is 2. The van der Waals surface area contributed by atoms with E-state index in [4.69, 9.17) is 4.98 Å². The Labute approximate surface area is 336 Å². The predicted molar refractivity (Wildman–Crippen MR) is 217 cm³/mol. The summed E-state index contributed by atoms with van der Waals surface area (Å²) in [6.45, 7) is 4.73. The lowest BCUT2D eigenvalue weighted by Crippen LogP contribution is -2.52. The Balaban J connectivity index is 0.771. The number of fused-ring (bicyclic) bond motifs is 2. The Hall–Kier alpha value is -5.90. The number of piperazine rings is 1. The van der Waals surface area contributed by atoms with Gasteiger partial charge in [-0.2, -0.15) is 4.98 Å². The molecule has 302 valence electrons. The zero-order valence-electron chi connectivity index (χ0n) is 33.0. The van der Waals surface area contributed by atoms with Crippen LogP contribution in [0.2, 0.25) is 0 Å². The first-order valence-electron chi connectivity index (χ1n) is 20.5. The summed E-state index contributed by atoms with van der Waals surface area (Å²) in [6, 6.07) is 11.2. The second-order valence-corrected chi connectivity index (χ2v) is 16.5. The fourth-order valence-electron chi connectivity index (χ4n) is 9.38. The molecule has 3 aromatic heterocycles. The number of anilines is 4. The number of rotatable bonds is 9. The average Bonchev–Trinajstić information content (AvgIpc) is 3.96. The molecule has 9 rings (SSSR count). The van der Waals surface area contributed by atoms with Gasteiger partial charge in [-0.1, -0.05) is 12.8 Å². The van der Waals surface area contributed by atoms with Gasteiger partial charge < -0.3 is 29.5 Å². The molecular formula is C42H49N11O5. The van der Waals surface area contributed by atoms with Crippen LogP contribution in [-0.4, -0.2) is 123 Å². The molecule has 4 aliphatic heterocycles. The van der Waals surface area contributed by atoms with Crippen molar-refractivity contribution in [3.63, 3.8) is 0 Å². The summed E-state index contributed by atoms with van der Waals surface area (Å²) in [5.74, 6) is 0.586. The minimum atomic E-state index is -0.619. The van der Waals surface area contributed by atoms with Crippen LogP contribution >= 0.6 is 0 Å². The minimum Gasteiger partial charge on any atom is -0.372 e. The summed E-state index contributed by atoms with van der Waals surface area (Å²) < 4.78 is 2.09. The molecule has 1 atom stereocenters. The summed E-state index contributed by atoms with van der Waals surface area (Å²) in [4.78, 5) is 87.3. The zero-order valence-corrected chi connectivity index (χ0v) is 33.0. The predicted octanol–water partition coefficient (Wildman–Crippen LogP) is 3.71. The van der Waals surface area contributed by atoms with Gasteiger partial charge in [0.1, 0.15) is 23.2 Å². The van der Waals surface area contributed by atoms with Crippen LogP contribution in [0.1, 0.15) is 83.8 Å². The maximum atomic E-state index is 13.4. The zero-order chi connectivity index (χ0) is 40.1. The minimum absolute atomic E-state index is 0.0507. The van der Waals surface area contributed by atoms with Gasteiger partial charge in [-0.3, -0.25) is 34.2 Å². The van der Waals surface area contributed by atoms with Crippen LogP contribution < -0.4 is 20.4 Å². The third-order valence-corrected chi connectivity index (χ3v) is 12.5. The third kappa shape index (κ3) is 7.25. The van der Waals surface area contributed by atoms with Crippen molar-refractivity contribution in [1.29, 1.82) is 0 Å². The molecule has 16 nitrogen and oxygen atoms in total. The monoisotopic (exact) mass is 787 g/mol. The van der Waals surface area contributed by atoms with Crippen molar-refractivity contribution >= 4 is 63.7 Å². The highest BCUT2D eigenvalue weighted by Gasteiger charge is 2.39. The van der Waals surface area contributed by atoms with Gasteiger partial charge in [-0.25, -0.2) is 9.97 Å². The number of imide groups is 1. The molecule has 0 spiro atoms. The second-order valence-electron chi connectivity index (χ2n) is 16.5. The molecule has 1 saturated carbocycles. The Morgan fingerprint density at radius 2 is 1.67 bits per heavy atom. The van der Waals surface area contributed by atoms with E-state index in [1.54, 1.807) is 41.2 Å². The number of benzene rings is 1. The van der Waals surface area contributed by atoms with E-state index >= 15 is 0 Å². The van der Waals surface area contributed by atoms with E-state index in [-0.39, 0.29) is 36.1 Å². The lowest BCUT2D eigenvalue weighted by molar-refractivity contribution is -0.137. The first-order valence-corrected chi connectivity index (χ1v) is 20.5. The first kappa shape index (κ1) is 37.7. The SMILES string of the molecule is CN(C)C(=O)c1cc2cnc(Nc3ccc(N4CCN(CC5CCN(c6ccc7c(c6)CN(C6CCC(=O)NC6=O)C7=O)CC5)CC4=O)cn3)nc2n1C1CCCC1. The van der Waals surface area contributed by atoms with Crippen LogP contribution in [0.4, 0.5) is 23.1 Å². The van der Waals surface area contributed by atoms with Crippen molar-refractivity contribution in [3.05, 3.63) is 65.6 Å². The van der Waals surface area contributed by atoms with Gasteiger partial charge in [0.2, 0.25) is 23.7 Å². The standard InChI is InChI=1S/C42H49N11O5/c1-48(2)41(58)34-20-27-21-44-42(47-38(27)53(34)29-5-3-4-6-29)45-35-11-8-31(22-43-35)51-18-17-49(25-37(51)55)23-26-13-15-50(16-14-26)30-7-9-32-28(19-30)24-52(40(32)57)33-10-12-36(54)46-39(33)56/h7-9,11,19-22,26,29,33H,3-6,10,12-18,23-25H2,1-2H3,(H,46,54,56)(H,43,44,45,47). The Morgan fingerprint density at radius 1 is 0.879 bits per heavy atom. The van der Waals surface area contributed by atoms with Gasteiger partial charge in [0.15, 0.2) is 0 Å². The number of amides is 5. The molecule has 58 heavy (non-hydrogen) atoms. The molecule has 4 fully saturated rings. The van der Waals surface area contributed by atoms with Crippen LogP contribution in [0.3, 0.4) is 0 Å². The largest absolute Gasteiger partial charge is 0.372 e. The van der Waals surface area contributed by atoms with Crippen molar-refractivity contribution in [2.75, 3.05) is 68.5 Å². The third-order valence-electron chi connectivity index (χ3n) is 12.5. The topological polar surface area (TPSA) is 169 Å². The first-order chi connectivity index (χ1) is 28.1. The van der Waals surface area contributed by atoms with Crippen LogP contribution in [-0.2, 0) is 20.9 Å². The van der Waals surface area contributed by atoms with Gasteiger partial charge in [0.05, 0.1) is 18.4 Å². The van der Waals surface area contributed by atoms with Crippen LogP contribution in [0.15, 0.2) is 48.8 Å². The number of carbonyl (C=O) groups is 5. The summed E-state index contributed by atoms with van der Waals surface area (Å²) >= 11 is 0. The normalized spacial score (nSPS) is 20.9. The van der Waals surface area contributed by atoms with Gasteiger partial charge in [0, 0.05) is 88.7 Å². The Morgan fingerprint density at radius 3 is 2.40 bits per heavy atom. The molecule has 16 heteroatoms. The van der Waals surface area contributed by atoms with Gasteiger partial charge in [0.25, 0.3) is 11.8 Å². The fraction of sp³-hybridized carbons (Fsp3) is 0.476. The number of nitrogens with one attached hydrogen (secondary N) is 2. The highest BCUT2D eigenvalue weighted by molar-refractivity contribution is 6.05. The molecule has 0 radical (unpaired) electrons. The van der Waals surface area contributed by atoms with E-state index in [0.717, 1.165) is 92.7 Å². The summed E-state index contributed by atoms with van der Waals surface area (Å²) in [6.07, 6.45) is 10.3. The number of carbonyl (C=O) groups excluding carboxylic acids is 5. The number of nitrogens with zero attached hydrogens (tertiary/aromatic N) is 9. The number of pyridine rings is 1. The molecular weight excluding hydrogens is 739 g/mol. The fourth-order valence-corrected chi connectivity index (χ4v) is 9.38. The highest BCUT2D eigenvalue weighted by atomic mass is 16.2. The summed E-state index contributed by atoms with van der Waals surface area (Å²) in [7, 11) is 3.53. The molecule has 1 unspecified atom stereocenters. The van der Waals surface area contributed by atoms with E-state index in [1.165, 1.54) is 0 Å². The molecule has 7 heterocycles. The molecule has 5 amide bonds. The van der Waals surface area contributed by atoms with Crippen LogP contribution in [0.25, 0.3) is 11.0 Å². The molecule has 1 aromatic carbocycles. The lowest BCUT2D eigenvalue weighted by atomic mass is 9.95. The van der Waals surface area contributed by atoms with E-state index < -0.39 is 11.9 Å². The number of hydrogen-bond acceptors (Lipinski definition) is 11. The second kappa shape index (κ2) is 15.5. The smallest absolute Gasteiger partial charge is 0.270 e. The maximum absolute atomic E-state index is 13.4. The number of hydrogen-bond donors (Lipinski definition) is 2. The van der Waals surface area contributed by atoms with Crippen LogP contribution in [0.5, 0.6) is 0 Å². The van der Waals surface area contributed by atoms with Crippen molar-refractivity contribution in [2.45, 2.75) is 70.0 Å². The molecule has 3 saturated heterocycles. The molecule has 2 N–H and O–H groups in total. The van der Waals surface area contributed by atoms with Gasteiger partial charge in [-0.15, -0.1) is 0 Å². The van der Waals surface area contributed by atoms with Gasteiger partial charge >= 0.3 is 0 Å². The van der Waals surface area contributed by atoms with Crippen molar-refractivity contribution in [1.82, 2.24) is 39.5 Å². The Kier molecular flexibility index (Phi) is 10.0. The quantitative estimate of drug-likeness (QED) is 0.237. The van der Waals surface area contributed by atoms with E-state index in [2.05, 4.69) is 41.0 Å². The molecule has 5 aliphatic rings. The van der Waals surface area contributed by atoms with E-state index in [9.17, 15) is 24.0 Å². The number of aromatic nitrogens is 4.